The molecule has 1 unspecified atom stereocenters. The monoisotopic (exact) mass is 260 g/mol. The molecule has 19 heavy (non-hydrogen) atoms. The molecule has 0 spiro atoms. The SMILES string of the molecule is COC1(O)C=CC(C(=O)O)=C(Cc2ccccc2)C1. The van der Waals surface area contributed by atoms with Gasteiger partial charge in [0.2, 0.25) is 0 Å². The number of methoxy groups -OCH3 is 1. The van der Waals surface area contributed by atoms with Crippen LogP contribution in [0.15, 0.2) is 53.6 Å². The number of carboxylic acid groups (broad SMARTS) is 1. The smallest absolute Gasteiger partial charge is 0.335 e. The molecule has 100 valence electrons. The van der Waals surface area contributed by atoms with Crippen LogP contribution in [0.3, 0.4) is 0 Å². The van der Waals surface area contributed by atoms with E-state index in [2.05, 4.69) is 0 Å². The predicted molar refractivity (Wildman–Crippen MR) is 70.5 cm³/mol. The summed E-state index contributed by atoms with van der Waals surface area (Å²) in [6.45, 7) is 0. The number of hydrogen-bond acceptors (Lipinski definition) is 3. The highest BCUT2D eigenvalue weighted by Crippen LogP contribution is 2.30. The highest BCUT2D eigenvalue weighted by Gasteiger charge is 2.31. The fourth-order valence-electron chi connectivity index (χ4n) is 2.15. The molecule has 0 saturated heterocycles. The maximum Gasteiger partial charge on any atom is 0.335 e. The molecule has 4 nitrogen and oxygen atoms in total. The van der Waals surface area contributed by atoms with Crippen LogP contribution in [0.1, 0.15) is 12.0 Å². The third-order valence-corrected chi connectivity index (χ3v) is 3.20. The van der Waals surface area contributed by atoms with Gasteiger partial charge in [-0.3, -0.25) is 0 Å². The van der Waals surface area contributed by atoms with Gasteiger partial charge in [0.1, 0.15) is 0 Å². The lowest BCUT2D eigenvalue weighted by atomic mass is 9.89. The first-order valence-corrected chi connectivity index (χ1v) is 6.00. The molecule has 1 aromatic rings. The van der Waals surface area contributed by atoms with Crippen LogP contribution in [0.4, 0.5) is 0 Å². The minimum absolute atomic E-state index is 0.163. The number of rotatable bonds is 4. The second-order valence-electron chi connectivity index (χ2n) is 4.54. The Morgan fingerprint density at radius 1 is 1.37 bits per heavy atom. The summed E-state index contributed by atoms with van der Waals surface area (Å²) in [6.07, 6.45) is 3.44. The molecule has 1 aromatic carbocycles. The van der Waals surface area contributed by atoms with Gasteiger partial charge in [-0.2, -0.15) is 0 Å². The van der Waals surface area contributed by atoms with Crippen LogP contribution in [0, 0.1) is 0 Å². The molecule has 1 aliphatic carbocycles. The molecule has 0 aliphatic heterocycles. The average Bonchev–Trinajstić information content (AvgIpc) is 2.40. The van der Waals surface area contributed by atoms with Gasteiger partial charge in [-0.15, -0.1) is 0 Å². The van der Waals surface area contributed by atoms with Crippen molar-refractivity contribution in [2.75, 3.05) is 7.11 Å². The zero-order chi connectivity index (χ0) is 13.9. The molecule has 0 saturated carbocycles. The minimum atomic E-state index is -1.41. The summed E-state index contributed by atoms with van der Waals surface area (Å²) in [5.74, 6) is -2.40. The van der Waals surface area contributed by atoms with Crippen LogP contribution >= 0.6 is 0 Å². The number of hydrogen-bond donors (Lipinski definition) is 2. The summed E-state index contributed by atoms with van der Waals surface area (Å²) in [7, 11) is 1.40. The lowest BCUT2D eigenvalue weighted by Gasteiger charge is -2.28. The fraction of sp³-hybridized carbons (Fsp3) is 0.267. The van der Waals surface area contributed by atoms with Crippen molar-refractivity contribution < 1.29 is 19.7 Å². The van der Waals surface area contributed by atoms with Crippen LogP contribution in [0.2, 0.25) is 0 Å². The van der Waals surface area contributed by atoms with Crippen molar-refractivity contribution in [2.24, 2.45) is 0 Å². The Kier molecular flexibility index (Phi) is 3.83. The Bertz CT molecular complexity index is 530. The van der Waals surface area contributed by atoms with Crippen molar-refractivity contribution in [1.82, 2.24) is 0 Å². The van der Waals surface area contributed by atoms with E-state index in [9.17, 15) is 15.0 Å². The van der Waals surface area contributed by atoms with Crippen molar-refractivity contribution in [3.8, 4) is 0 Å². The molecule has 0 amide bonds. The third kappa shape index (κ3) is 3.10. The predicted octanol–water partition coefficient (Wildman–Crippen LogP) is 1.91. The van der Waals surface area contributed by atoms with Gasteiger partial charge in [0.25, 0.3) is 0 Å². The standard InChI is InChI=1S/C15H16O4/c1-19-15(18)8-7-13(14(16)17)12(10-15)9-11-5-3-2-4-6-11/h2-8,18H,9-10H2,1H3,(H,16,17). The van der Waals surface area contributed by atoms with Gasteiger partial charge in [0, 0.05) is 13.5 Å². The van der Waals surface area contributed by atoms with Crippen molar-refractivity contribution in [2.45, 2.75) is 18.6 Å². The lowest BCUT2D eigenvalue weighted by molar-refractivity contribution is -0.146. The summed E-state index contributed by atoms with van der Waals surface area (Å²) >= 11 is 0. The summed E-state index contributed by atoms with van der Waals surface area (Å²) in [4.78, 5) is 11.2. The highest BCUT2D eigenvalue weighted by molar-refractivity contribution is 5.91. The number of aliphatic hydroxyl groups is 1. The first-order valence-electron chi connectivity index (χ1n) is 6.00. The van der Waals surface area contributed by atoms with Gasteiger partial charge in [0.15, 0.2) is 5.79 Å². The van der Waals surface area contributed by atoms with Crippen LogP contribution in [-0.4, -0.2) is 29.1 Å². The Morgan fingerprint density at radius 2 is 2.05 bits per heavy atom. The van der Waals surface area contributed by atoms with Gasteiger partial charge >= 0.3 is 5.97 Å². The molecule has 0 bridgehead atoms. The highest BCUT2D eigenvalue weighted by atomic mass is 16.6. The molecular weight excluding hydrogens is 244 g/mol. The van der Waals surface area contributed by atoms with Crippen LogP contribution in [0.25, 0.3) is 0 Å². The normalized spacial score (nSPS) is 22.6. The maximum absolute atomic E-state index is 11.2. The molecule has 0 fully saturated rings. The summed E-state index contributed by atoms with van der Waals surface area (Å²) in [5.41, 5.74) is 1.89. The largest absolute Gasteiger partial charge is 0.478 e. The van der Waals surface area contributed by atoms with E-state index in [-0.39, 0.29) is 12.0 Å². The van der Waals surface area contributed by atoms with Gasteiger partial charge in [-0.05, 0) is 29.7 Å². The van der Waals surface area contributed by atoms with Gasteiger partial charge in [-0.25, -0.2) is 4.79 Å². The van der Waals surface area contributed by atoms with Crippen molar-refractivity contribution in [1.29, 1.82) is 0 Å². The molecular formula is C15H16O4. The van der Waals surface area contributed by atoms with E-state index in [0.29, 0.717) is 12.0 Å². The van der Waals surface area contributed by atoms with Crippen LogP contribution in [-0.2, 0) is 16.0 Å². The summed E-state index contributed by atoms with van der Waals surface area (Å²) < 4.78 is 5.02. The Balaban J connectivity index is 2.31. The molecule has 0 aromatic heterocycles. The van der Waals surface area contributed by atoms with Gasteiger partial charge in [-0.1, -0.05) is 30.3 Å². The van der Waals surface area contributed by atoms with Crippen LogP contribution in [0.5, 0.6) is 0 Å². The second kappa shape index (κ2) is 5.38. The van der Waals surface area contributed by atoms with Crippen LogP contribution < -0.4 is 0 Å². The van der Waals surface area contributed by atoms with E-state index in [0.717, 1.165) is 5.56 Å². The molecule has 1 atom stereocenters. The summed E-state index contributed by atoms with van der Waals surface area (Å²) in [5, 5.41) is 19.3. The summed E-state index contributed by atoms with van der Waals surface area (Å²) in [6, 6.07) is 9.56. The van der Waals surface area contributed by atoms with E-state index in [1.165, 1.54) is 19.3 Å². The topological polar surface area (TPSA) is 66.8 Å². The Hall–Kier alpha value is -1.91. The van der Waals surface area contributed by atoms with E-state index < -0.39 is 11.8 Å². The first kappa shape index (κ1) is 13.5. The Labute approximate surface area is 111 Å². The second-order valence-corrected chi connectivity index (χ2v) is 4.54. The minimum Gasteiger partial charge on any atom is -0.478 e. The maximum atomic E-state index is 11.2. The third-order valence-electron chi connectivity index (χ3n) is 3.20. The van der Waals surface area contributed by atoms with Gasteiger partial charge in [0.05, 0.1) is 5.57 Å². The fourth-order valence-corrected chi connectivity index (χ4v) is 2.15. The van der Waals surface area contributed by atoms with E-state index in [1.54, 1.807) is 0 Å². The van der Waals surface area contributed by atoms with Crippen molar-refractivity contribution in [3.63, 3.8) is 0 Å². The van der Waals surface area contributed by atoms with E-state index >= 15 is 0 Å². The van der Waals surface area contributed by atoms with E-state index in [4.69, 9.17) is 4.74 Å². The molecule has 2 rings (SSSR count). The molecule has 0 heterocycles. The Morgan fingerprint density at radius 3 is 2.63 bits per heavy atom. The molecule has 4 heteroatoms. The number of benzene rings is 1. The number of carbonyl (C=O) groups is 1. The average molecular weight is 260 g/mol. The first-order chi connectivity index (χ1) is 9.04. The number of aliphatic carboxylic acids is 1. The van der Waals surface area contributed by atoms with E-state index in [1.807, 2.05) is 30.3 Å². The lowest BCUT2D eigenvalue weighted by Crippen LogP contribution is -2.32. The van der Waals surface area contributed by atoms with Gasteiger partial charge < -0.3 is 14.9 Å². The van der Waals surface area contributed by atoms with Crippen molar-refractivity contribution >= 4 is 5.97 Å². The zero-order valence-electron chi connectivity index (χ0n) is 10.7. The quantitative estimate of drug-likeness (QED) is 0.811. The van der Waals surface area contributed by atoms with Crippen molar-refractivity contribution in [3.05, 3.63) is 59.2 Å². The molecule has 0 radical (unpaired) electrons. The number of carboxylic acids is 1. The zero-order valence-corrected chi connectivity index (χ0v) is 10.7. The molecule has 1 aliphatic rings. The number of ether oxygens (including phenoxy) is 1. The molecule has 2 N–H and O–H groups in total.